The van der Waals surface area contributed by atoms with Crippen LogP contribution in [-0.4, -0.2) is 19.3 Å². The molecule has 1 heterocycles. The van der Waals surface area contributed by atoms with Crippen molar-refractivity contribution >= 4 is 21.5 Å². The van der Waals surface area contributed by atoms with Gasteiger partial charge in [-0.05, 0) is 55.4 Å². The third kappa shape index (κ3) is 5.18. The van der Waals surface area contributed by atoms with E-state index in [0.29, 0.717) is 29.7 Å². The minimum Gasteiger partial charge on any atom is -0.370 e. The van der Waals surface area contributed by atoms with Gasteiger partial charge in [-0.2, -0.15) is 0 Å². The van der Waals surface area contributed by atoms with Crippen LogP contribution >= 0.6 is 0 Å². The number of amides is 1. The maximum atomic E-state index is 14.4. The summed E-state index contributed by atoms with van der Waals surface area (Å²) < 4.78 is 37.3. The predicted molar refractivity (Wildman–Crippen MR) is 107 cm³/mol. The molecular formula is C20H22FN3O4S. The van der Waals surface area contributed by atoms with Crippen LogP contribution in [0.5, 0.6) is 0 Å². The highest BCUT2D eigenvalue weighted by atomic mass is 32.2. The summed E-state index contributed by atoms with van der Waals surface area (Å²) in [6.45, 7) is 0. The van der Waals surface area contributed by atoms with Crippen LogP contribution < -0.4 is 16.4 Å². The molecule has 1 aliphatic rings. The number of unbranched alkanes of at least 4 members (excludes halogenated alkanes) is 1. The number of hydrogen-bond acceptors (Lipinski definition) is 4. The lowest BCUT2D eigenvalue weighted by molar-refractivity contribution is -0.118. The number of nitrogens with two attached hydrogens (primary N) is 2. The van der Waals surface area contributed by atoms with E-state index >= 15 is 0 Å². The van der Waals surface area contributed by atoms with Gasteiger partial charge in [0, 0.05) is 23.3 Å². The number of pyridine rings is 1. The molecule has 1 saturated carbocycles. The Morgan fingerprint density at radius 2 is 1.97 bits per heavy atom. The zero-order valence-corrected chi connectivity index (χ0v) is 16.5. The number of primary amides is 1. The lowest BCUT2D eigenvalue weighted by atomic mass is 9.99. The van der Waals surface area contributed by atoms with Crippen molar-refractivity contribution in [2.24, 2.45) is 10.9 Å². The molecule has 0 aliphatic heterocycles. The van der Waals surface area contributed by atoms with Crippen LogP contribution in [0, 0.1) is 5.82 Å². The van der Waals surface area contributed by atoms with Crippen molar-refractivity contribution in [2.45, 2.75) is 42.9 Å². The summed E-state index contributed by atoms with van der Waals surface area (Å²) in [5, 5.41) is 5.02. The monoisotopic (exact) mass is 419 g/mol. The SMILES string of the molecule is NC(=O)CCC/C=C(\c1ccc(S(N)(=O)=O)c(F)c1)c1ccc(C2CC2)c(=O)[nH]1. The fourth-order valence-electron chi connectivity index (χ4n) is 3.16. The number of H-pyrrole nitrogens is 1. The number of primary sulfonamides is 1. The van der Waals surface area contributed by atoms with E-state index in [9.17, 15) is 22.4 Å². The lowest BCUT2D eigenvalue weighted by Gasteiger charge is -2.11. The molecule has 0 spiro atoms. The van der Waals surface area contributed by atoms with Gasteiger partial charge in [-0.1, -0.05) is 18.2 Å². The quantitative estimate of drug-likeness (QED) is 0.565. The largest absolute Gasteiger partial charge is 0.370 e. The molecule has 9 heteroatoms. The molecule has 1 aliphatic carbocycles. The van der Waals surface area contributed by atoms with Gasteiger partial charge in [0.1, 0.15) is 10.7 Å². The van der Waals surface area contributed by atoms with Gasteiger partial charge in [-0.25, -0.2) is 17.9 Å². The van der Waals surface area contributed by atoms with Crippen LogP contribution in [0.2, 0.25) is 0 Å². The van der Waals surface area contributed by atoms with E-state index in [1.54, 1.807) is 18.2 Å². The fraction of sp³-hybridized carbons (Fsp3) is 0.300. The minimum absolute atomic E-state index is 0.194. The molecule has 7 nitrogen and oxygen atoms in total. The molecule has 5 N–H and O–H groups in total. The summed E-state index contributed by atoms with van der Waals surface area (Å²) in [6, 6.07) is 7.09. The van der Waals surface area contributed by atoms with E-state index in [-0.39, 0.29) is 17.9 Å². The van der Waals surface area contributed by atoms with Crippen LogP contribution in [0.15, 0.2) is 46.1 Å². The first-order valence-corrected chi connectivity index (χ1v) is 10.8. The molecule has 154 valence electrons. The molecule has 0 atom stereocenters. The summed E-state index contributed by atoms with van der Waals surface area (Å²) >= 11 is 0. The number of allylic oxidation sites excluding steroid dienone is 1. The average Bonchev–Trinajstić information content (AvgIpc) is 3.45. The van der Waals surface area contributed by atoms with Crippen molar-refractivity contribution in [3.05, 3.63) is 69.4 Å². The van der Waals surface area contributed by atoms with Gasteiger partial charge >= 0.3 is 0 Å². The van der Waals surface area contributed by atoms with Gasteiger partial charge < -0.3 is 10.7 Å². The number of sulfonamides is 1. The Morgan fingerprint density at radius 3 is 2.52 bits per heavy atom. The molecule has 0 radical (unpaired) electrons. The Bertz CT molecular complexity index is 1130. The molecule has 1 fully saturated rings. The van der Waals surface area contributed by atoms with E-state index in [1.165, 1.54) is 6.07 Å². The molecule has 3 rings (SSSR count). The normalized spacial score (nSPS) is 14.8. The summed E-state index contributed by atoms with van der Waals surface area (Å²) in [5.41, 5.74) is 7.05. The molecule has 29 heavy (non-hydrogen) atoms. The van der Waals surface area contributed by atoms with Crippen molar-refractivity contribution in [1.29, 1.82) is 0 Å². The summed E-state index contributed by atoms with van der Waals surface area (Å²) in [5.74, 6) is -1.13. The van der Waals surface area contributed by atoms with E-state index in [0.717, 1.165) is 30.5 Å². The van der Waals surface area contributed by atoms with Crippen LogP contribution in [0.3, 0.4) is 0 Å². The van der Waals surface area contributed by atoms with E-state index in [1.807, 2.05) is 0 Å². The van der Waals surface area contributed by atoms with Crippen molar-refractivity contribution in [3.63, 3.8) is 0 Å². The Labute approximate surface area is 167 Å². The zero-order chi connectivity index (χ0) is 21.2. The molecule has 0 unspecified atom stereocenters. The number of rotatable bonds is 8. The second-order valence-corrected chi connectivity index (χ2v) is 8.63. The minimum atomic E-state index is -4.19. The number of hydrogen-bond donors (Lipinski definition) is 3. The van der Waals surface area contributed by atoms with Gasteiger partial charge in [0.25, 0.3) is 5.56 Å². The molecule has 0 bridgehead atoms. The standard InChI is InChI=1S/C20H22FN3O4S/c21-16-11-13(7-10-18(16)29(23,27)28)14(3-1-2-4-19(22)25)17-9-8-15(12-5-6-12)20(26)24-17/h3,7-12H,1-2,4-6H2,(H2,22,25)(H,24,26)(H2,23,27,28)/b14-3+. The highest BCUT2D eigenvalue weighted by Gasteiger charge is 2.26. The molecular weight excluding hydrogens is 397 g/mol. The Morgan fingerprint density at radius 1 is 1.24 bits per heavy atom. The third-order valence-electron chi connectivity index (χ3n) is 4.77. The van der Waals surface area contributed by atoms with Crippen molar-refractivity contribution in [1.82, 2.24) is 4.98 Å². The summed E-state index contributed by atoms with van der Waals surface area (Å²) in [6.07, 6.45) is 4.87. The first-order valence-electron chi connectivity index (χ1n) is 9.21. The first-order chi connectivity index (χ1) is 13.7. The third-order valence-corrected chi connectivity index (χ3v) is 5.72. The van der Waals surface area contributed by atoms with Gasteiger partial charge in [-0.3, -0.25) is 9.59 Å². The van der Waals surface area contributed by atoms with Crippen LogP contribution in [-0.2, 0) is 14.8 Å². The van der Waals surface area contributed by atoms with Crippen molar-refractivity contribution in [3.8, 4) is 0 Å². The van der Waals surface area contributed by atoms with Gasteiger partial charge in [-0.15, -0.1) is 0 Å². The molecule has 1 amide bonds. The topological polar surface area (TPSA) is 136 Å². The van der Waals surface area contributed by atoms with Gasteiger partial charge in [0.2, 0.25) is 15.9 Å². The highest BCUT2D eigenvalue weighted by Crippen LogP contribution is 2.38. The lowest BCUT2D eigenvalue weighted by Crippen LogP contribution is -2.15. The molecule has 2 aromatic rings. The van der Waals surface area contributed by atoms with Crippen LogP contribution in [0.25, 0.3) is 5.57 Å². The highest BCUT2D eigenvalue weighted by molar-refractivity contribution is 7.89. The number of aromatic amines is 1. The number of carbonyl (C=O) groups excluding carboxylic acids is 1. The molecule has 1 aromatic carbocycles. The predicted octanol–water partition coefficient (Wildman–Crippen LogP) is 2.13. The second-order valence-electron chi connectivity index (χ2n) is 7.10. The maximum Gasteiger partial charge on any atom is 0.251 e. The van der Waals surface area contributed by atoms with E-state index in [4.69, 9.17) is 10.9 Å². The van der Waals surface area contributed by atoms with Gasteiger partial charge in [0.15, 0.2) is 0 Å². The fourth-order valence-corrected chi connectivity index (χ4v) is 3.75. The van der Waals surface area contributed by atoms with Gasteiger partial charge in [0.05, 0.1) is 0 Å². The second kappa shape index (κ2) is 8.30. The zero-order valence-electron chi connectivity index (χ0n) is 15.7. The summed E-state index contributed by atoms with van der Waals surface area (Å²) in [7, 11) is -4.19. The number of aromatic nitrogens is 1. The molecule has 1 aromatic heterocycles. The van der Waals surface area contributed by atoms with E-state index in [2.05, 4.69) is 4.98 Å². The van der Waals surface area contributed by atoms with Crippen molar-refractivity contribution < 1.29 is 17.6 Å². The Balaban J connectivity index is 2.00. The maximum absolute atomic E-state index is 14.4. The number of nitrogens with one attached hydrogen (secondary N) is 1. The van der Waals surface area contributed by atoms with Crippen LogP contribution in [0.1, 0.15) is 54.8 Å². The number of carbonyl (C=O) groups is 1. The van der Waals surface area contributed by atoms with Crippen LogP contribution in [0.4, 0.5) is 4.39 Å². The number of halogens is 1. The Kier molecular flexibility index (Phi) is 5.99. The smallest absolute Gasteiger partial charge is 0.251 e. The van der Waals surface area contributed by atoms with E-state index < -0.39 is 26.6 Å². The van der Waals surface area contributed by atoms with Crippen molar-refractivity contribution in [2.75, 3.05) is 0 Å². The summed E-state index contributed by atoms with van der Waals surface area (Å²) in [4.78, 5) is 25.6. The number of benzene rings is 1. The Hall–Kier alpha value is -2.78. The average molecular weight is 419 g/mol. The first kappa shape index (κ1) is 20.9. The molecule has 0 saturated heterocycles.